The van der Waals surface area contributed by atoms with E-state index in [0.717, 1.165) is 31.9 Å². The third-order valence-corrected chi connectivity index (χ3v) is 3.40. The van der Waals surface area contributed by atoms with Crippen LogP contribution in [-0.2, 0) is 9.47 Å². The molecule has 118 valence electrons. The molecular formula is C17H27NO3. The quantitative estimate of drug-likeness (QED) is 0.760. The molecule has 0 radical (unpaired) electrons. The first-order valence-electron chi connectivity index (χ1n) is 7.88. The highest BCUT2D eigenvalue weighted by atomic mass is 16.6. The summed E-state index contributed by atoms with van der Waals surface area (Å²) in [4.78, 5) is 0. The van der Waals surface area contributed by atoms with Crippen molar-refractivity contribution in [3.8, 4) is 5.75 Å². The highest BCUT2D eigenvalue weighted by Gasteiger charge is 2.21. The van der Waals surface area contributed by atoms with E-state index < -0.39 is 0 Å². The molecule has 4 heteroatoms. The fourth-order valence-electron chi connectivity index (χ4n) is 2.19. The van der Waals surface area contributed by atoms with Gasteiger partial charge in [-0.3, -0.25) is 0 Å². The van der Waals surface area contributed by atoms with Crippen LogP contribution < -0.4 is 10.1 Å². The number of benzene rings is 1. The zero-order valence-electron chi connectivity index (χ0n) is 13.3. The summed E-state index contributed by atoms with van der Waals surface area (Å²) in [7, 11) is 0. The third-order valence-electron chi connectivity index (χ3n) is 3.40. The summed E-state index contributed by atoms with van der Waals surface area (Å²) in [5.41, 5.74) is 1.24. The minimum atomic E-state index is 0.201. The highest BCUT2D eigenvalue weighted by molar-refractivity contribution is 5.29. The van der Waals surface area contributed by atoms with E-state index in [1.54, 1.807) is 0 Å². The lowest BCUT2D eigenvalue weighted by molar-refractivity contribution is -0.133. The Morgan fingerprint density at radius 3 is 2.48 bits per heavy atom. The van der Waals surface area contributed by atoms with Gasteiger partial charge in [0.15, 0.2) is 0 Å². The Balaban J connectivity index is 1.93. The molecule has 1 N–H and O–H groups in total. The molecule has 1 heterocycles. The molecule has 0 aromatic heterocycles. The molecule has 0 aliphatic carbocycles. The van der Waals surface area contributed by atoms with Gasteiger partial charge in [-0.1, -0.05) is 19.1 Å². The highest BCUT2D eigenvalue weighted by Crippen LogP contribution is 2.20. The van der Waals surface area contributed by atoms with Crippen molar-refractivity contribution in [1.29, 1.82) is 0 Å². The van der Waals surface area contributed by atoms with Crippen molar-refractivity contribution < 1.29 is 14.2 Å². The monoisotopic (exact) mass is 293 g/mol. The lowest BCUT2D eigenvalue weighted by Gasteiger charge is -2.28. The van der Waals surface area contributed by atoms with E-state index in [1.807, 2.05) is 26.0 Å². The fourth-order valence-corrected chi connectivity index (χ4v) is 2.19. The number of nitrogens with one attached hydrogen (secondary N) is 1. The summed E-state index contributed by atoms with van der Waals surface area (Å²) in [5.74, 6) is 0.913. The molecule has 1 saturated heterocycles. The first-order chi connectivity index (χ1) is 10.2. The van der Waals surface area contributed by atoms with E-state index >= 15 is 0 Å². The van der Waals surface area contributed by atoms with E-state index in [9.17, 15) is 0 Å². The van der Waals surface area contributed by atoms with Crippen LogP contribution in [-0.4, -0.2) is 38.6 Å². The van der Waals surface area contributed by atoms with Crippen LogP contribution >= 0.6 is 0 Å². The Bertz CT molecular complexity index is 401. The fraction of sp³-hybridized carbons (Fsp3) is 0.647. The van der Waals surface area contributed by atoms with Crippen LogP contribution in [0.25, 0.3) is 0 Å². The van der Waals surface area contributed by atoms with Gasteiger partial charge in [0.05, 0.1) is 32.0 Å². The molecule has 1 fully saturated rings. The molecule has 0 bridgehead atoms. The van der Waals surface area contributed by atoms with Gasteiger partial charge >= 0.3 is 0 Å². The van der Waals surface area contributed by atoms with Crippen molar-refractivity contribution in [2.24, 2.45) is 0 Å². The van der Waals surface area contributed by atoms with Crippen LogP contribution in [0, 0.1) is 0 Å². The topological polar surface area (TPSA) is 39.7 Å². The van der Waals surface area contributed by atoms with Gasteiger partial charge in [0.2, 0.25) is 0 Å². The lowest BCUT2D eigenvalue weighted by Crippen LogP contribution is -2.38. The standard InChI is InChI=1S/C17H27NO3/c1-4-9-18-17(12-20-16-10-19-11-16)14-5-7-15(8-6-14)21-13(2)3/h5-8,13,16-18H,4,9-12H2,1-3H3. The lowest BCUT2D eigenvalue weighted by atomic mass is 10.1. The van der Waals surface area contributed by atoms with E-state index in [2.05, 4.69) is 24.4 Å². The molecular weight excluding hydrogens is 266 g/mol. The van der Waals surface area contributed by atoms with E-state index in [0.29, 0.717) is 6.61 Å². The number of rotatable bonds is 9. The molecule has 0 amide bonds. The Morgan fingerprint density at radius 1 is 1.24 bits per heavy atom. The SMILES string of the molecule is CCCNC(COC1COC1)c1ccc(OC(C)C)cc1. The summed E-state index contributed by atoms with van der Waals surface area (Å²) >= 11 is 0. The minimum Gasteiger partial charge on any atom is -0.491 e. The van der Waals surface area contributed by atoms with E-state index in [1.165, 1.54) is 5.56 Å². The molecule has 0 spiro atoms. The second kappa shape index (κ2) is 8.37. The van der Waals surface area contributed by atoms with Crippen molar-refractivity contribution >= 4 is 0 Å². The van der Waals surface area contributed by atoms with Crippen molar-refractivity contribution in [3.05, 3.63) is 29.8 Å². The van der Waals surface area contributed by atoms with Gasteiger partial charge in [-0.25, -0.2) is 0 Å². The molecule has 4 nitrogen and oxygen atoms in total. The van der Waals surface area contributed by atoms with Gasteiger partial charge in [0.1, 0.15) is 11.9 Å². The predicted octanol–water partition coefficient (Wildman–Crippen LogP) is 2.93. The van der Waals surface area contributed by atoms with Crippen molar-refractivity contribution in [1.82, 2.24) is 5.32 Å². The maximum atomic E-state index is 5.87. The summed E-state index contributed by atoms with van der Waals surface area (Å²) in [5, 5.41) is 3.54. The molecule has 1 atom stereocenters. The van der Waals surface area contributed by atoms with Gasteiger partial charge in [0, 0.05) is 0 Å². The predicted molar refractivity (Wildman–Crippen MR) is 83.8 cm³/mol. The largest absolute Gasteiger partial charge is 0.491 e. The van der Waals surface area contributed by atoms with Crippen LogP contribution in [0.1, 0.15) is 38.8 Å². The second-order valence-electron chi connectivity index (χ2n) is 5.74. The third kappa shape index (κ3) is 5.30. The molecule has 1 aliphatic rings. The molecule has 0 saturated carbocycles. The van der Waals surface area contributed by atoms with Gasteiger partial charge in [-0.05, 0) is 44.5 Å². The van der Waals surface area contributed by atoms with Gasteiger partial charge < -0.3 is 19.5 Å². The minimum absolute atomic E-state index is 0.201. The van der Waals surface area contributed by atoms with Crippen LogP contribution in [0.15, 0.2) is 24.3 Å². The maximum Gasteiger partial charge on any atom is 0.119 e. The zero-order chi connectivity index (χ0) is 15.1. The molecule has 1 unspecified atom stereocenters. The number of ether oxygens (including phenoxy) is 3. The Labute approximate surface area is 127 Å². The Kier molecular flexibility index (Phi) is 6.49. The number of hydrogen-bond donors (Lipinski definition) is 1. The van der Waals surface area contributed by atoms with Crippen LogP contribution in [0.3, 0.4) is 0 Å². The average molecular weight is 293 g/mol. The van der Waals surface area contributed by atoms with Crippen molar-refractivity contribution in [3.63, 3.8) is 0 Å². The van der Waals surface area contributed by atoms with Gasteiger partial charge in [-0.2, -0.15) is 0 Å². The van der Waals surface area contributed by atoms with Crippen molar-refractivity contribution in [2.45, 2.75) is 45.4 Å². The Morgan fingerprint density at radius 2 is 1.95 bits per heavy atom. The average Bonchev–Trinajstić information content (AvgIpc) is 2.41. The smallest absolute Gasteiger partial charge is 0.119 e. The molecule has 2 rings (SSSR count). The molecule has 1 aromatic rings. The normalized spacial score (nSPS) is 16.8. The summed E-state index contributed by atoms with van der Waals surface area (Å²) in [6.45, 7) is 9.35. The van der Waals surface area contributed by atoms with Gasteiger partial charge in [-0.15, -0.1) is 0 Å². The summed E-state index contributed by atoms with van der Waals surface area (Å²) < 4.78 is 16.7. The zero-order valence-corrected chi connectivity index (χ0v) is 13.3. The molecule has 1 aliphatic heterocycles. The first kappa shape index (κ1) is 16.3. The van der Waals surface area contributed by atoms with Crippen molar-refractivity contribution in [2.75, 3.05) is 26.4 Å². The van der Waals surface area contributed by atoms with Gasteiger partial charge in [0.25, 0.3) is 0 Å². The van der Waals surface area contributed by atoms with Crippen LogP contribution in [0.5, 0.6) is 5.75 Å². The van der Waals surface area contributed by atoms with Crippen LogP contribution in [0.2, 0.25) is 0 Å². The number of hydrogen-bond acceptors (Lipinski definition) is 4. The first-order valence-corrected chi connectivity index (χ1v) is 7.88. The molecule has 21 heavy (non-hydrogen) atoms. The summed E-state index contributed by atoms with van der Waals surface area (Å²) in [6, 6.07) is 8.51. The van der Waals surface area contributed by atoms with E-state index in [4.69, 9.17) is 14.2 Å². The molecule has 1 aromatic carbocycles. The Hall–Kier alpha value is -1.10. The summed E-state index contributed by atoms with van der Waals surface area (Å²) in [6.07, 6.45) is 1.57. The second-order valence-corrected chi connectivity index (χ2v) is 5.74. The van der Waals surface area contributed by atoms with E-state index in [-0.39, 0.29) is 18.2 Å². The van der Waals surface area contributed by atoms with Crippen LogP contribution in [0.4, 0.5) is 0 Å². The maximum absolute atomic E-state index is 5.87.